The highest BCUT2D eigenvalue weighted by molar-refractivity contribution is 5.79. The van der Waals surface area contributed by atoms with Crippen LogP contribution in [0.2, 0.25) is 0 Å². The Kier molecular flexibility index (Phi) is 4.35. The van der Waals surface area contributed by atoms with Crippen LogP contribution in [0.3, 0.4) is 0 Å². The van der Waals surface area contributed by atoms with Gasteiger partial charge in [0.25, 0.3) is 12.2 Å². The molecular formula is C17H21F2N5O. The Morgan fingerprint density at radius 1 is 1.20 bits per heavy atom. The molecule has 0 radical (unpaired) electrons. The lowest BCUT2D eigenvalue weighted by atomic mass is 9.93. The van der Waals surface area contributed by atoms with Crippen molar-refractivity contribution in [2.24, 2.45) is 5.92 Å². The van der Waals surface area contributed by atoms with Crippen LogP contribution in [0.25, 0.3) is 5.78 Å². The fourth-order valence-corrected chi connectivity index (χ4v) is 4.07. The first kappa shape index (κ1) is 16.4. The third-order valence-corrected chi connectivity index (χ3v) is 5.38. The van der Waals surface area contributed by atoms with Gasteiger partial charge in [0.15, 0.2) is 0 Å². The largest absolute Gasteiger partial charge is 0.342 e. The molecule has 3 heterocycles. The summed E-state index contributed by atoms with van der Waals surface area (Å²) in [6, 6.07) is 1.42. The van der Waals surface area contributed by atoms with Gasteiger partial charge in [-0.15, -0.1) is 0 Å². The minimum atomic E-state index is -2.65. The van der Waals surface area contributed by atoms with Gasteiger partial charge < -0.3 is 4.90 Å². The molecule has 1 saturated carbocycles. The molecule has 2 fully saturated rings. The van der Waals surface area contributed by atoms with Crippen molar-refractivity contribution < 1.29 is 13.6 Å². The van der Waals surface area contributed by atoms with Gasteiger partial charge in [-0.25, -0.2) is 13.8 Å². The number of hydrogen-bond acceptors (Lipinski definition) is 4. The zero-order valence-electron chi connectivity index (χ0n) is 13.9. The lowest BCUT2D eigenvalue weighted by Crippen LogP contribution is -2.42. The molecule has 134 valence electrons. The summed E-state index contributed by atoms with van der Waals surface area (Å²) in [6.07, 6.45) is 4.48. The van der Waals surface area contributed by atoms with Crippen LogP contribution < -0.4 is 0 Å². The third kappa shape index (κ3) is 3.09. The van der Waals surface area contributed by atoms with Crippen LogP contribution in [0.4, 0.5) is 8.78 Å². The van der Waals surface area contributed by atoms with Crippen molar-refractivity contribution in [2.75, 3.05) is 13.1 Å². The Labute approximate surface area is 144 Å². The van der Waals surface area contributed by atoms with E-state index in [0.717, 1.165) is 49.6 Å². The number of halogens is 2. The quantitative estimate of drug-likeness (QED) is 0.855. The standard InChI is InChI=1S/C17H21F2N5O/c18-15(19)14-8-13(22-17-20-10-21-24(14)17)12-6-3-7-23(9-12)16(25)11-4-1-2-5-11/h8,10-12,15H,1-7,9H2/t12-/m0/s1. The van der Waals surface area contributed by atoms with Crippen LogP contribution in [-0.4, -0.2) is 43.5 Å². The summed E-state index contributed by atoms with van der Waals surface area (Å²) in [5.41, 5.74) is 0.386. The van der Waals surface area contributed by atoms with Crippen molar-refractivity contribution in [1.82, 2.24) is 24.5 Å². The average molecular weight is 349 g/mol. The molecule has 1 saturated heterocycles. The summed E-state index contributed by atoms with van der Waals surface area (Å²) in [5, 5.41) is 3.82. The second-order valence-corrected chi connectivity index (χ2v) is 6.98. The Balaban J connectivity index is 1.58. The first-order valence-corrected chi connectivity index (χ1v) is 8.91. The zero-order chi connectivity index (χ0) is 17.4. The van der Waals surface area contributed by atoms with Crippen LogP contribution in [0, 0.1) is 5.92 Å². The highest BCUT2D eigenvalue weighted by atomic mass is 19.3. The Hall–Kier alpha value is -2.12. The molecule has 2 aromatic heterocycles. The number of likely N-dealkylation sites (tertiary alicyclic amines) is 1. The van der Waals surface area contributed by atoms with Gasteiger partial charge in [-0.1, -0.05) is 12.8 Å². The number of piperidine rings is 1. The van der Waals surface area contributed by atoms with E-state index >= 15 is 0 Å². The maximum absolute atomic E-state index is 13.4. The number of nitrogens with zero attached hydrogens (tertiary/aromatic N) is 5. The van der Waals surface area contributed by atoms with Crippen molar-refractivity contribution in [1.29, 1.82) is 0 Å². The second-order valence-electron chi connectivity index (χ2n) is 6.98. The monoisotopic (exact) mass is 349 g/mol. The number of aromatic nitrogens is 4. The predicted molar refractivity (Wildman–Crippen MR) is 86.3 cm³/mol. The molecule has 0 unspecified atom stereocenters. The van der Waals surface area contributed by atoms with E-state index in [1.165, 1.54) is 12.4 Å². The molecule has 0 aromatic carbocycles. The SMILES string of the molecule is O=C(C1CCCC1)N1CCC[C@H](c2cc(C(F)F)n3ncnc3n2)C1. The number of carbonyl (C=O) groups is 1. The molecule has 8 heteroatoms. The van der Waals surface area contributed by atoms with Crippen molar-refractivity contribution in [2.45, 2.75) is 50.9 Å². The number of amides is 1. The van der Waals surface area contributed by atoms with Gasteiger partial charge in [0, 0.05) is 24.9 Å². The fourth-order valence-electron chi connectivity index (χ4n) is 4.07. The third-order valence-electron chi connectivity index (χ3n) is 5.38. The van der Waals surface area contributed by atoms with E-state index in [4.69, 9.17) is 0 Å². The van der Waals surface area contributed by atoms with Gasteiger partial charge in [-0.05, 0) is 31.7 Å². The molecule has 4 rings (SSSR count). The number of rotatable bonds is 3. The molecule has 2 aromatic rings. The second kappa shape index (κ2) is 6.65. The zero-order valence-corrected chi connectivity index (χ0v) is 13.9. The van der Waals surface area contributed by atoms with E-state index in [9.17, 15) is 13.6 Å². The highest BCUT2D eigenvalue weighted by Crippen LogP contribution is 2.32. The summed E-state index contributed by atoms with van der Waals surface area (Å²) >= 11 is 0. The molecule has 0 spiro atoms. The van der Waals surface area contributed by atoms with Gasteiger partial charge in [0.2, 0.25) is 5.91 Å². The average Bonchev–Trinajstić information content (AvgIpc) is 3.31. The van der Waals surface area contributed by atoms with Crippen LogP contribution in [-0.2, 0) is 4.79 Å². The van der Waals surface area contributed by atoms with Gasteiger partial charge >= 0.3 is 0 Å². The molecule has 2 aliphatic rings. The molecule has 1 amide bonds. The van der Waals surface area contributed by atoms with E-state index < -0.39 is 6.43 Å². The first-order valence-electron chi connectivity index (χ1n) is 8.91. The molecule has 0 bridgehead atoms. The van der Waals surface area contributed by atoms with Gasteiger partial charge in [0.05, 0.1) is 5.69 Å². The molecule has 25 heavy (non-hydrogen) atoms. The minimum Gasteiger partial charge on any atom is -0.342 e. The molecule has 1 atom stereocenters. The predicted octanol–water partition coefficient (Wildman–Crippen LogP) is 2.96. The topological polar surface area (TPSA) is 63.4 Å². The molecule has 6 nitrogen and oxygen atoms in total. The Morgan fingerprint density at radius 2 is 2.00 bits per heavy atom. The van der Waals surface area contributed by atoms with Crippen LogP contribution in [0.15, 0.2) is 12.4 Å². The van der Waals surface area contributed by atoms with E-state index in [0.29, 0.717) is 12.2 Å². The van der Waals surface area contributed by atoms with Gasteiger partial charge in [0.1, 0.15) is 12.0 Å². The van der Waals surface area contributed by atoms with Crippen molar-refractivity contribution >= 4 is 11.7 Å². The normalized spacial score (nSPS) is 22.2. The number of carbonyl (C=O) groups excluding carboxylic acids is 1. The Morgan fingerprint density at radius 3 is 2.76 bits per heavy atom. The first-order chi connectivity index (χ1) is 12.1. The number of alkyl halides is 2. The maximum Gasteiger partial charge on any atom is 0.280 e. The van der Waals surface area contributed by atoms with E-state index in [1.807, 2.05) is 4.90 Å². The number of fused-ring (bicyclic) bond motifs is 1. The maximum atomic E-state index is 13.4. The van der Waals surface area contributed by atoms with Gasteiger partial charge in [-0.3, -0.25) is 4.79 Å². The fraction of sp³-hybridized carbons (Fsp3) is 0.647. The van der Waals surface area contributed by atoms with E-state index in [2.05, 4.69) is 15.1 Å². The smallest absolute Gasteiger partial charge is 0.280 e. The summed E-state index contributed by atoms with van der Waals surface area (Å²) in [7, 11) is 0. The molecule has 0 N–H and O–H groups in total. The van der Waals surface area contributed by atoms with Crippen molar-refractivity contribution in [3.05, 3.63) is 23.8 Å². The van der Waals surface area contributed by atoms with Gasteiger partial charge in [-0.2, -0.15) is 14.6 Å². The number of hydrogen-bond donors (Lipinski definition) is 0. The summed E-state index contributed by atoms with van der Waals surface area (Å²) < 4.78 is 27.8. The van der Waals surface area contributed by atoms with Crippen molar-refractivity contribution in [3.8, 4) is 0 Å². The minimum absolute atomic E-state index is 0.0293. The van der Waals surface area contributed by atoms with Crippen LogP contribution in [0.5, 0.6) is 0 Å². The molecular weight excluding hydrogens is 328 g/mol. The van der Waals surface area contributed by atoms with E-state index in [-0.39, 0.29) is 29.2 Å². The summed E-state index contributed by atoms with van der Waals surface area (Å²) in [5.74, 6) is 0.521. The van der Waals surface area contributed by atoms with Crippen LogP contribution >= 0.6 is 0 Å². The summed E-state index contributed by atoms with van der Waals surface area (Å²) in [6.45, 7) is 1.30. The summed E-state index contributed by atoms with van der Waals surface area (Å²) in [4.78, 5) is 23.0. The Bertz CT molecular complexity index is 771. The molecule has 1 aliphatic heterocycles. The van der Waals surface area contributed by atoms with Crippen molar-refractivity contribution in [3.63, 3.8) is 0 Å². The van der Waals surface area contributed by atoms with Crippen LogP contribution in [0.1, 0.15) is 62.3 Å². The highest BCUT2D eigenvalue weighted by Gasteiger charge is 2.32. The lowest BCUT2D eigenvalue weighted by Gasteiger charge is -2.34. The lowest BCUT2D eigenvalue weighted by molar-refractivity contribution is -0.136. The molecule has 1 aliphatic carbocycles. The van der Waals surface area contributed by atoms with E-state index in [1.54, 1.807) is 0 Å².